The number of carbonyl (C=O) groups is 2. The average molecular weight is 264 g/mol. The molecule has 0 saturated carbocycles. The third kappa shape index (κ3) is 5.33. The molecule has 5 heteroatoms. The first-order valence-corrected chi connectivity index (χ1v) is 5.84. The summed E-state index contributed by atoms with van der Waals surface area (Å²) >= 11 is 0. The Hall–Kier alpha value is -2.17. The van der Waals surface area contributed by atoms with Gasteiger partial charge in [-0.25, -0.2) is 4.39 Å². The topological polar surface area (TPSA) is 49.4 Å². The minimum Gasteiger partial charge on any atom is -0.333 e. The van der Waals surface area contributed by atoms with E-state index in [-0.39, 0.29) is 18.4 Å². The van der Waals surface area contributed by atoms with E-state index < -0.39 is 5.82 Å². The van der Waals surface area contributed by atoms with Gasteiger partial charge in [-0.15, -0.1) is 0 Å². The number of anilines is 1. The van der Waals surface area contributed by atoms with E-state index >= 15 is 0 Å². The largest absolute Gasteiger partial charge is 0.333 e. The zero-order valence-corrected chi connectivity index (χ0v) is 11.2. The van der Waals surface area contributed by atoms with Gasteiger partial charge in [0.15, 0.2) is 0 Å². The Balaban J connectivity index is 2.56. The van der Waals surface area contributed by atoms with E-state index in [4.69, 9.17) is 0 Å². The van der Waals surface area contributed by atoms with Crippen LogP contribution in [0.2, 0.25) is 0 Å². The summed E-state index contributed by atoms with van der Waals surface area (Å²) < 4.78 is 12.9. The number of hydrogen-bond acceptors (Lipinski definition) is 2. The first-order chi connectivity index (χ1) is 8.88. The predicted octanol–water partition coefficient (Wildman–Crippen LogP) is 2.19. The molecule has 0 fully saturated rings. The number of allylic oxidation sites excluding steroid dienone is 1. The van der Waals surface area contributed by atoms with Crippen LogP contribution >= 0.6 is 0 Å². The molecule has 0 radical (unpaired) electrons. The number of carbonyl (C=O) groups excluding carboxylic acids is 2. The van der Waals surface area contributed by atoms with E-state index in [2.05, 4.69) is 5.32 Å². The second-order valence-electron chi connectivity index (χ2n) is 4.47. The second kappa shape index (κ2) is 6.68. The van der Waals surface area contributed by atoms with Gasteiger partial charge < -0.3 is 10.2 Å². The van der Waals surface area contributed by atoms with Gasteiger partial charge in [0.1, 0.15) is 5.82 Å². The molecule has 0 spiro atoms. The van der Waals surface area contributed by atoms with Crippen LogP contribution in [0.1, 0.15) is 13.8 Å². The molecular formula is C14H17FN2O2. The summed E-state index contributed by atoms with van der Waals surface area (Å²) in [5.74, 6) is -1.04. The van der Waals surface area contributed by atoms with E-state index in [9.17, 15) is 14.0 Å². The average Bonchev–Trinajstić information content (AvgIpc) is 2.27. The monoisotopic (exact) mass is 264 g/mol. The van der Waals surface area contributed by atoms with Crippen LogP contribution in [0.25, 0.3) is 0 Å². The van der Waals surface area contributed by atoms with Gasteiger partial charge in [0.2, 0.25) is 11.8 Å². The second-order valence-corrected chi connectivity index (χ2v) is 4.47. The smallest absolute Gasteiger partial charge is 0.246 e. The van der Waals surface area contributed by atoms with Crippen molar-refractivity contribution in [3.05, 3.63) is 41.7 Å². The van der Waals surface area contributed by atoms with Crippen LogP contribution in [0.4, 0.5) is 10.1 Å². The maximum atomic E-state index is 12.9. The van der Waals surface area contributed by atoms with Crippen molar-refractivity contribution in [2.24, 2.45) is 0 Å². The van der Waals surface area contributed by atoms with Crippen LogP contribution < -0.4 is 5.32 Å². The molecule has 1 rings (SSSR count). The van der Waals surface area contributed by atoms with Gasteiger partial charge in [-0.3, -0.25) is 9.59 Å². The van der Waals surface area contributed by atoms with Gasteiger partial charge >= 0.3 is 0 Å². The summed E-state index contributed by atoms with van der Waals surface area (Å²) in [4.78, 5) is 24.6. The Labute approximate surface area is 111 Å². The molecule has 0 saturated heterocycles. The lowest BCUT2D eigenvalue weighted by Crippen LogP contribution is -2.34. The molecule has 0 atom stereocenters. The highest BCUT2D eigenvalue weighted by Crippen LogP contribution is 2.08. The van der Waals surface area contributed by atoms with Crippen LogP contribution in [-0.4, -0.2) is 30.3 Å². The van der Waals surface area contributed by atoms with Crippen molar-refractivity contribution >= 4 is 17.5 Å². The van der Waals surface area contributed by atoms with E-state index in [1.54, 1.807) is 19.9 Å². The molecular weight excluding hydrogens is 247 g/mol. The molecule has 2 amide bonds. The molecule has 0 aromatic heterocycles. The van der Waals surface area contributed by atoms with Crippen molar-refractivity contribution in [1.82, 2.24) is 4.90 Å². The summed E-state index contributed by atoms with van der Waals surface area (Å²) in [7, 11) is 1.53. The van der Waals surface area contributed by atoms with Crippen molar-refractivity contribution < 1.29 is 14.0 Å². The number of likely N-dealkylation sites (N-methyl/N-ethyl adjacent to an activating group) is 1. The Morgan fingerprint density at radius 1 is 1.37 bits per heavy atom. The van der Waals surface area contributed by atoms with Crippen molar-refractivity contribution in [2.75, 3.05) is 18.9 Å². The van der Waals surface area contributed by atoms with Crippen molar-refractivity contribution in [1.29, 1.82) is 0 Å². The summed E-state index contributed by atoms with van der Waals surface area (Å²) in [5.41, 5.74) is 1.23. The summed E-state index contributed by atoms with van der Waals surface area (Å²) in [6.07, 6.45) is 1.45. The van der Waals surface area contributed by atoms with Crippen LogP contribution in [0, 0.1) is 5.82 Å². The Morgan fingerprint density at radius 2 is 2.05 bits per heavy atom. The fraction of sp³-hybridized carbons (Fsp3) is 0.286. The lowest BCUT2D eigenvalue weighted by molar-refractivity contribution is -0.129. The van der Waals surface area contributed by atoms with Crippen LogP contribution in [-0.2, 0) is 9.59 Å². The predicted molar refractivity (Wildman–Crippen MR) is 72.1 cm³/mol. The normalized spacial score (nSPS) is 9.68. The lowest BCUT2D eigenvalue weighted by atomic mass is 10.3. The molecule has 102 valence electrons. The molecule has 0 unspecified atom stereocenters. The number of amides is 2. The van der Waals surface area contributed by atoms with Crippen molar-refractivity contribution in [3.63, 3.8) is 0 Å². The highest BCUT2D eigenvalue weighted by molar-refractivity contribution is 5.96. The minimum atomic E-state index is -0.424. The summed E-state index contributed by atoms with van der Waals surface area (Å²) in [6, 6.07) is 5.60. The van der Waals surface area contributed by atoms with Gasteiger partial charge in [0.25, 0.3) is 0 Å². The van der Waals surface area contributed by atoms with E-state index in [0.717, 1.165) is 5.57 Å². The molecule has 4 nitrogen and oxygen atoms in total. The van der Waals surface area contributed by atoms with Crippen LogP contribution in [0.3, 0.4) is 0 Å². The maximum absolute atomic E-state index is 12.9. The molecule has 19 heavy (non-hydrogen) atoms. The zero-order chi connectivity index (χ0) is 14.4. The molecule has 1 aromatic carbocycles. The number of hydrogen-bond donors (Lipinski definition) is 1. The first-order valence-electron chi connectivity index (χ1n) is 5.84. The first kappa shape index (κ1) is 14.9. The van der Waals surface area contributed by atoms with Gasteiger partial charge in [-0.05, 0) is 32.0 Å². The molecule has 0 aliphatic rings. The lowest BCUT2D eigenvalue weighted by Gasteiger charge is -2.15. The highest BCUT2D eigenvalue weighted by Gasteiger charge is 2.11. The molecule has 1 N–H and O–H groups in total. The number of rotatable bonds is 4. The number of nitrogens with one attached hydrogen (secondary N) is 1. The Kier molecular flexibility index (Phi) is 5.23. The molecule has 1 aromatic rings. The van der Waals surface area contributed by atoms with Gasteiger partial charge in [-0.1, -0.05) is 11.6 Å². The third-order valence-corrected chi connectivity index (χ3v) is 2.28. The molecule has 0 heterocycles. The maximum Gasteiger partial charge on any atom is 0.246 e. The van der Waals surface area contributed by atoms with E-state index in [0.29, 0.717) is 5.69 Å². The number of benzene rings is 1. The molecule has 0 aliphatic carbocycles. The zero-order valence-electron chi connectivity index (χ0n) is 11.2. The van der Waals surface area contributed by atoms with Crippen LogP contribution in [0.15, 0.2) is 35.9 Å². The fourth-order valence-corrected chi connectivity index (χ4v) is 1.42. The van der Waals surface area contributed by atoms with Gasteiger partial charge in [-0.2, -0.15) is 0 Å². The van der Waals surface area contributed by atoms with Crippen molar-refractivity contribution in [2.45, 2.75) is 13.8 Å². The highest BCUT2D eigenvalue weighted by atomic mass is 19.1. The Bertz CT molecular complexity index is 508. The van der Waals surface area contributed by atoms with E-state index in [1.807, 2.05) is 0 Å². The third-order valence-electron chi connectivity index (χ3n) is 2.28. The number of nitrogens with zero attached hydrogens (tertiary/aromatic N) is 1. The quantitative estimate of drug-likeness (QED) is 0.847. The Morgan fingerprint density at radius 3 is 2.63 bits per heavy atom. The fourth-order valence-electron chi connectivity index (χ4n) is 1.42. The molecule has 0 aliphatic heterocycles. The molecule has 0 bridgehead atoms. The van der Waals surface area contributed by atoms with Crippen LogP contribution in [0.5, 0.6) is 0 Å². The van der Waals surface area contributed by atoms with Crippen molar-refractivity contribution in [3.8, 4) is 0 Å². The summed E-state index contributed by atoms with van der Waals surface area (Å²) in [6.45, 7) is 3.52. The number of halogens is 1. The standard InChI is InChI=1S/C14H17FN2O2/c1-10(2)7-14(19)17(3)9-13(18)16-12-6-4-5-11(15)8-12/h4-8H,9H2,1-3H3,(H,16,18). The summed E-state index contributed by atoms with van der Waals surface area (Å²) in [5, 5.41) is 2.53. The minimum absolute atomic E-state index is 0.0842. The van der Waals surface area contributed by atoms with Gasteiger partial charge in [0.05, 0.1) is 6.54 Å². The van der Waals surface area contributed by atoms with Gasteiger partial charge in [0, 0.05) is 18.8 Å². The van der Waals surface area contributed by atoms with E-state index in [1.165, 1.54) is 36.2 Å². The SMILES string of the molecule is CC(C)=CC(=O)N(C)CC(=O)Nc1cccc(F)c1.